The Hall–Kier alpha value is -1.50. The highest BCUT2D eigenvalue weighted by Crippen LogP contribution is 2.43. The number of nitrogens with zero attached hydrogens (tertiary/aromatic N) is 1. The molecule has 0 bridgehead atoms. The summed E-state index contributed by atoms with van der Waals surface area (Å²) in [4.78, 5) is 15.1. The maximum atomic E-state index is 11.0. The number of pyridine rings is 1. The summed E-state index contributed by atoms with van der Waals surface area (Å²) in [5.74, 6) is -1.10. The van der Waals surface area contributed by atoms with E-state index in [2.05, 4.69) is 38.8 Å². The Bertz CT molecular complexity index is 595. The zero-order valence-electron chi connectivity index (χ0n) is 15.0. The van der Waals surface area contributed by atoms with Gasteiger partial charge < -0.3 is 14.3 Å². The topological polar surface area (TPSA) is 68.7 Å². The molecule has 1 saturated heterocycles. The largest absolute Gasteiger partial charge is 0.478 e. The molecular weight excluding hydrogens is 322 g/mol. The highest BCUT2D eigenvalue weighted by molar-refractivity contribution is 6.74. The summed E-state index contributed by atoms with van der Waals surface area (Å²) in [6, 6.07) is 3.81. The van der Waals surface area contributed by atoms with Gasteiger partial charge in [0.2, 0.25) is 0 Å². The summed E-state index contributed by atoms with van der Waals surface area (Å²) >= 11 is 0. The van der Waals surface area contributed by atoms with E-state index in [0.29, 0.717) is 6.61 Å². The lowest BCUT2D eigenvalue weighted by Gasteiger charge is -2.39. The van der Waals surface area contributed by atoms with Gasteiger partial charge in [-0.3, -0.25) is 4.98 Å². The number of hydrogen-bond donors (Lipinski definition) is 1. The molecule has 2 rings (SSSR count). The third-order valence-electron chi connectivity index (χ3n) is 4.95. The minimum Gasteiger partial charge on any atom is -0.478 e. The SMILES string of the molecule is CC(C)(C)[Si](C)(C)OC1COC(c2cccnc2)C1C=CC(=O)O. The first-order valence-corrected chi connectivity index (χ1v) is 11.1. The number of ether oxygens (including phenoxy) is 1. The molecule has 6 heteroatoms. The molecule has 0 aliphatic carbocycles. The van der Waals surface area contributed by atoms with Gasteiger partial charge in [0, 0.05) is 24.4 Å². The van der Waals surface area contributed by atoms with Crippen molar-refractivity contribution in [2.75, 3.05) is 6.61 Å². The Labute approximate surface area is 144 Å². The van der Waals surface area contributed by atoms with E-state index in [4.69, 9.17) is 14.3 Å². The first kappa shape index (κ1) is 18.8. The smallest absolute Gasteiger partial charge is 0.327 e. The highest BCUT2D eigenvalue weighted by atomic mass is 28.4. The fourth-order valence-corrected chi connectivity index (χ4v) is 3.90. The molecule has 1 aromatic heterocycles. The number of rotatable bonds is 5. The molecule has 132 valence electrons. The van der Waals surface area contributed by atoms with E-state index in [0.717, 1.165) is 5.56 Å². The van der Waals surface area contributed by atoms with E-state index in [-0.39, 0.29) is 23.2 Å². The van der Waals surface area contributed by atoms with Crippen LogP contribution in [0.2, 0.25) is 18.1 Å². The van der Waals surface area contributed by atoms with E-state index in [1.165, 1.54) is 6.08 Å². The highest BCUT2D eigenvalue weighted by Gasteiger charge is 2.45. The lowest BCUT2D eigenvalue weighted by Crippen LogP contribution is -2.45. The molecule has 1 fully saturated rings. The fourth-order valence-electron chi connectivity index (χ4n) is 2.56. The summed E-state index contributed by atoms with van der Waals surface area (Å²) < 4.78 is 12.5. The Balaban J connectivity index is 2.26. The Morgan fingerprint density at radius 3 is 2.71 bits per heavy atom. The normalized spacial score (nSPS) is 25.3. The summed E-state index contributed by atoms with van der Waals surface area (Å²) in [5.41, 5.74) is 0.943. The predicted molar refractivity (Wildman–Crippen MR) is 95.3 cm³/mol. The van der Waals surface area contributed by atoms with Crippen LogP contribution in [0.25, 0.3) is 0 Å². The molecule has 24 heavy (non-hydrogen) atoms. The monoisotopic (exact) mass is 349 g/mol. The summed E-state index contributed by atoms with van der Waals surface area (Å²) in [6.45, 7) is 11.4. The van der Waals surface area contributed by atoms with Gasteiger partial charge in [-0.25, -0.2) is 4.79 Å². The quantitative estimate of drug-likeness (QED) is 0.647. The van der Waals surface area contributed by atoms with Crippen molar-refractivity contribution in [3.63, 3.8) is 0 Å². The van der Waals surface area contributed by atoms with Gasteiger partial charge in [0.25, 0.3) is 0 Å². The van der Waals surface area contributed by atoms with Crippen LogP contribution in [0.3, 0.4) is 0 Å². The molecule has 1 N–H and O–H groups in total. The number of carboxylic acids is 1. The molecule has 0 radical (unpaired) electrons. The number of aliphatic carboxylic acids is 1. The zero-order chi connectivity index (χ0) is 18.0. The van der Waals surface area contributed by atoms with Crippen molar-refractivity contribution in [3.8, 4) is 0 Å². The molecule has 5 nitrogen and oxygen atoms in total. The lowest BCUT2D eigenvalue weighted by atomic mass is 9.94. The molecule has 3 atom stereocenters. The van der Waals surface area contributed by atoms with Gasteiger partial charge in [0.15, 0.2) is 8.32 Å². The molecule has 0 spiro atoms. The molecule has 0 aromatic carbocycles. The lowest BCUT2D eigenvalue weighted by molar-refractivity contribution is -0.131. The minimum atomic E-state index is -1.98. The number of carboxylic acid groups (broad SMARTS) is 1. The molecule has 1 aliphatic heterocycles. The van der Waals surface area contributed by atoms with Crippen LogP contribution in [-0.2, 0) is 14.0 Å². The molecular formula is C18H27NO4Si. The van der Waals surface area contributed by atoms with Crippen molar-refractivity contribution in [2.45, 2.75) is 51.1 Å². The van der Waals surface area contributed by atoms with Gasteiger partial charge in [-0.15, -0.1) is 0 Å². The number of carbonyl (C=O) groups is 1. The zero-order valence-corrected chi connectivity index (χ0v) is 16.0. The van der Waals surface area contributed by atoms with Crippen LogP contribution >= 0.6 is 0 Å². The third kappa shape index (κ3) is 4.31. The average Bonchev–Trinajstić information content (AvgIpc) is 2.87. The molecule has 3 unspecified atom stereocenters. The van der Waals surface area contributed by atoms with Crippen molar-refractivity contribution >= 4 is 14.3 Å². The van der Waals surface area contributed by atoms with Crippen molar-refractivity contribution in [1.29, 1.82) is 0 Å². The van der Waals surface area contributed by atoms with Gasteiger partial charge >= 0.3 is 5.97 Å². The molecule has 2 heterocycles. The predicted octanol–water partition coefficient (Wildman–Crippen LogP) is 3.80. The van der Waals surface area contributed by atoms with E-state index in [1.807, 2.05) is 12.1 Å². The van der Waals surface area contributed by atoms with Gasteiger partial charge in [-0.1, -0.05) is 32.9 Å². The van der Waals surface area contributed by atoms with Gasteiger partial charge in [0.1, 0.15) is 0 Å². The minimum absolute atomic E-state index is 0.0838. The standard InChI is InChI=1S/C18H27NO4Si/c1-18(2,3)24(4,5)23-15-12-22-17(13-7-6-10-19-11-13)14(15)8-9-16(20)21/h6-11,14-15,17H,12H2,1-5H3,(H,20,21). The van der Waals surface area contributed by atoms with Crippen LogP contribution in [-0.4, -0.2) is 37.1 Å². The Kier molecular flexibility index (Phi) is 5.62. The van der Waals surface area contributed by atoms with Crippen molar-refractivity contribution in [2.24, 2.45) is 5.92 Å². The molecule has 0 saturated carbocycles. The second kappa shape index (κ2) is 7.17. The van der Waals surface area contributed by atoms with Gasteiger partial charge in [-0.2, -0.15) is 0 Å². The molecule has 1 aliphatic rings. The van der Waals surface area contributed by atoms with Gasteiger partial charge in [0.05, 0.1) is 18.8 Å². The number of hydrogen-bond acceptors (Lipinski definition) is 4. The fraction of sp³-hybridized carbons (Fsp3) is 0.556. The van der Waals surface area contributed by atoms with Crippen molar-refractivity contribution in [3.05, 3.63) is 42.2 Å². The number of aromatic nitrogens is 1. The third-order valence-corrected chi connectivity index (χ3v) is 9.45. The molecule has 1 aromatic rings. The van der Waals surface area contributed by atoms with Gasteiger partial charge in [-0.05, 0) is 29.8 Å². The van der Waals surface area contributed by atoms with Crippen LogP contribution in [0, 0.1) is 5.92 Å². The van der Waals surface area contributed by atoms with Crippen LogP contribution < -0.4 is 0 Å². The summed E-state index contributed by atoms with van der Waals surface area (Å²) in [5, 5.41) is 9.09. The summed E-state index contributed by atoms with van der Waals surface area (Å²) in [6.07, 6.45) is 5.98. The second-order valence-electron chi connectivity index (χ2n) is 7.73. The summed E-state index contributed by atoms with van der Waals surface area (Å²) in [7, 11) is -1.98. The van der Waals surface area contributed by atoms with E-state index in [1.54, 1.807) is 18.5 Å². The van der Waals surface area contributed by atoms with Crippen LogP contribution in [0.5, 0.6) is 0 Å². The van der Waals surface area contributed by atoms with Crippen molar-refractivity contribution in [1.82, 2.24) is 4.98 Å². The van der Waals surface area contributed by atoms with Crippen LogP contribution in [0.1, 0.15) is 32.4 Å². The first-order chi connectivity index (χ1) is 11.1. The maximum Gasteiger partial charge on any atom is 0.327 e. The maximum absolute atomic E-state index is 11.0. The second-order valence-corrected chi connectivity index (χ2v) is 12.5. The average molecular weight is 350 g/mol. The first-order valence-electron chi connectivity index (χ1n) is 8.22. The molecule has 0 amide bonds. The Morgan fingerprint density at radius 2 is 2.17 bits per heavy atom. The van der Waals surface area contributed by atoms with Crippen molar-refractivity contribution < 1.29 is 19.1 Å². The van der Waals surface area contributed by atoms with Crippen LogP contribution in [0.4, 0.5) is 0 Å². The van der Waals surface area contributed by atoms with E-state index < -0.39 is 14.3 Å². The van der Waals surface area contributed by atoms with E-state index >= 15 is 0 Å². The Morgan fingerprint density at radius 1 is 1.46 bits per heavy atom. The van der Waals surface area contributed by atoms with E-state index in [9.17, 15) is 4.79 Å². The van der Waals surface area contributed by atoms with Crippen LogP contribution in [0.15, 0.2) is 36.7 Å².